The predicted molar refractivity (Wildman–Crippen MR) is 126 cm³/mol. The Balaban J connectivity index is 1.18. The molecule has 1 saturated heterocycles. The van der Waals surface area contributed by atoms with E-state index in [-0.39, 0.29) is 24.8 Å². The second-order valence-corrected chi connectivity index (χ2v) is 8.38. The van der Waals surface area contributed by atoms with Crippen LogP contribution in [0.4, 0.5) is 10.5 Å². The lowest BCUT2D eigenvalue weighted by Crippen LogP contribution is -2.44. The Kier molecular flexibility index (Phi) is 6.15. The number of hydrogen-bond acceptors (Lipinski definition) is 6. The summed E-state index contributed by atoms with van der Waals surface area (Å²) in [6, 6.07) is 18.5. The van der Waals surface area contributed by atoms with Crippen LogP contribution in [0.25, 0.3) is 11.1 Å². The average Bonchev–Trinajstić information content (AvgIpc) is 3.46. The van der Waals surface area contributed by atoms with Gasteiger partial charge in [0.2, 0.25) is 0 Å². The van der Waals surface area contributed by atoms with E-state index in [0.717, 1.165) is 22.3 Å². The monoisotopic (exact) mass is 473 g/mol. The van der Waals surface area contributed by atoms with E-state index in [9.17, 15) is 14.4 Å². The second-order valence-electron chi connectivity index (χ2n) is 8.38. The van der Waals surface area contributed by atoms with Gasteiger partial charge < -0.3 is 19.9 Å². The maximum Gasteiger partial charge on any atom is 0.411 e. The molecule has 2 aromatic carbocycles. The highest BCUT2D eigenvalue weighted by Gasteiger charge is 2.35. The molecule has 2 aliphatic rings. The molecule has 9 heteroatoms. The fourth-order valence-corrected chi connectivity index (χ4v) is 4.58. The molecule has 0 saturated carbocycles. The standard InChI is InChI=1S/C26H23N3O6/c30-24(29-21-11-12-34-23(21)25(31)32)22-10-9-15(13-27-22)28-26(33)35-14-20-18-7-3-1-5-16(18)17-6-2-4-8-19(17)20/h1-10,13,20-21,23H,11-12,14H2,(H,28,33)(H,29,30)(H,31,32)/t21-,23+/m0/s1. The number of hydrogen-bond donors (Lipinski definition) is 3. The Hall–Kier alpha value is -4.24. The summed E-state index contributed by atoms with van der Waals surface area (Å²) in [5.41, 5.74) is 5.00. The van der Waals surface area contributed by atoms with E-state index in [4.69, 9.17) is 14.6 Å². The number of aliphatic carboxylic acids is 1. The first-order valence-electron chi connectivity index (χ1n) is 11.2. The van der Waals surface area contributed by atoms with Gasteiger partial charge in [-0.15, -0.1) is 0 Å². The molecule has 0 unspecified atom stereocenters. The number of nitrogens with zero attached hydrogens (tertiary/aromatic N) is 1. The molecule has 35 heavy (non-hydrogen) atoms. The summed E-state index contributed by atoms with van der Waals surface area (Å²) in [5.74, 6) is -1.69. The van der Waals surface area contributed by atoms with Gasteiger partial charge in [-0.05, 0) is 40.8 Å². The molecule has 178 valence electrons. The molecule has 1 fully saturated rings. The largest absolute Gasteiger partial charge is 0.479 e. The average molecular weight is 473 g/mol. The number of nitrogens with one attached hydrogen (secondary N) is 2. The molecular weight excluding hydrogens is 450 g/mol. The zero-order valence-corrected chi connectivity index (χ0v) is 18.6. The predicted octanol–water partition coefficient (Wildman–Crippen LogP) is 3.41. The van der Waals surface area contributed by atoms with Crippen molar-refractivity contribution < 1.29 is 29.0 Å². The minimum atomic E-state index is -1.12. The quantitative estimate of drug-likeness (QED) is 0.501. The summed E-state index contributed by atoms with van der Waals surface area (Å²) in [6.07, 6.45) is 0.0482. The van der Waals surface area contributed by atoms with Crippen LogP contribution in [0.2, 0.25) is 0 Å². The molecule has 2 amide bonds. The van der Waals surface area contributed by atoms with Crippen LogP contribution in [-0.4, -0.2) is 53.4 Å². The zero-order valence-electron chi connectivity index (χ0n) is 18.6. The van der Waals surface area contributed by atoms with E-state index in [1.54, 1.807) is 0 Å². The van der Waals surface area contributed by atoms with Gasteiger partial charge in [0.1, 0.15) is 12.3 Å². The van der Waals surface area contributed by atoms with Crippen LogP contribution in [0.1, 0.15) is 34.0 Å². The number of carboxylic acid groups (broad SMARTS) is 1. The van der Waals surface area contributed by atoms with Crippen molar-refractivity contribution in [2.75, 3.05) is 18.5 Å². The fourth-order valence-electron chi connectivity index (χ4n) is 4.58. The van der Waals surface area contributed by atoms with Gasteiger partial charge >= 0.3 is 12.1 Å². The number of carboxylic acids is 1. The fraction of sp³-hybridized carbons (Fsp3) is 0.231. The Labute approximate surface area is 201 Å². The molecule has 5 rings (SSSR count). The molecule has 3 N–H and O–H groups in total. The summed E-state index contributed by atoms with van der Waals surface area (Å²) in [6.45, 7) is 0.445. The van der Waals surface area contributed by atoms with E-state index in [2.05, 4.69) is 27.8 Å². The van der Waals surface area contributed by atoms with Crippen LogP contribution < -0.4 is 10.6 Å². The summed E-state index contributed by atoms with van der Waals surface area (Å²) in [4.78, 5) is 40.1. The maximum absolute atomic E-state index is 12.4. The van der Waals surface area contributed by atoms with Gasteiger partial charge in [-0.1, -0.05) is 48.5 Å². The molecule has 1 aliphatic carbocycles. The van der Waals surface area contributed by atoms with Crippen LogP contribution >= 0.6 is 0 Å². The summed E-state index contributed by atoms with van der Waals surface area (Å²) >= 11 is 0. The number of rotatable bonds is 6. The number of benzene rings is 2. The van der Waals surface area contributed by atoms with Gasteiger partial charge in [0.15, 0.2) is 6.10 Å². The van der Waals surface area contributed by atoms with Crippen molar-refractivity contribution >= 4 is 23.7 Å². The van der Waals surface area contributed by atoms with Crippen molar-refractivity contribution in [1.29, 1.82) is 0 Å². The van der Waals surface area contributed by atoms with Crippen molar-refractivity contribution in [2.45, 2.75) is 24.5 Å². The maximum atomic E-state index is 12.4. The first kappa shape index (κ1) is 22.5. The number of aromatic nitrogens is 1. The lowest BCUT2D eigenvalue weighted by molar-refractivity contribution is -0.148. The highest BCUT2D eigenvalue weighted by Crippen LogP contribution is 2.44. The van der Waals surface area contributed by atoms with Gasteiger partial charge in [0, 0.05) is 12.5 Å². The van der Waals surface area contributed by atoms with Crippen LogP contribution in [-0.2, 0) is 14.3 Å². The summed E-state index contributed by atoms with van der Waals surface area (Å²) in [5, 5.41) is 14.4. The number of anilines is 1. The highest BCUT2D eigenvalue weighted by atomic mass is 16.5. The number of ether oxygens (including phenoxy) is 2. The molecule has 0 spiro atoms. The lowest BCUT2D eigenvalue weighted by atomic mass is 9.98. The molecular formula is C26H23N3O6. The lowest BCUT2D eigenvalue weighted by Gasteiger charge is -2.16. The van der Waals surface area contributed by atoms with Crippen molar-refractivity contribution in [3.05, 3.63) is 83.7 Å². The van der Waals surface area contributed by atoms with Gasteiger partial charge in [-0.25, -0.2) is 14.6 Å². The minimum Gasteiger partial charge on any atom is -0.479 e. The number of amides is 2. The second kappa shape index (κ2) is 9.55. The molecule has 9 nitrogen and oxygen atoms in total. The number of carbonyl (C=O) groups excluding carboxylic acids is 2. The van der Waals surface area contributed by atoms with Crippen molar-refractivity contribution in [1.82, 2.24) is 10.3 Å². The Morgan fingerprint density at radius 2 is 1.69 bits per heavy atom. The summed E-state index contributed by atoms with van der Waals surface area (Å²) < 4.78 is 10.6. The zero-order chi connectivity index (χ0) is 24.4. The Bertz CT molecular complexity index is 1230. The van der Waals surface area contributed by atoms with E-state index in [1.807, 2.05) is 36.4 Å². The SMILES string of the molecule is O=C(Nc1ccc(C(=O)N[C@H]2CCO[C@H]2C(=O)O)nc1)OCC1c2ccccc2-c2ccccc21. The van der Waals surface area contributed by atoms with Crippen molar-refractivity contribution in [3.8, 4) is 11.1 Å². The van der Waals surface area contributed by atoms with Crippen LogP contribution in [0, 0.1) is 0 Å². The third-order valence-electron chi connectivity index (χ3n) is 6.24. The number of carbonyl (C=O) groups is 3. The molecule has 3 aromatic rings. The Morgan fingerprint density at radius 1 is 1.00 bits per heavy atom. The molecule has 0 radical (unpaired) electrons. The minimum absolute atomic E-state index is 0.0495. The first-order valence-corrected chi connectivity index (χ1v) is 11.2. The van der Waals surface area contributed by atoms with Gasteiger partial charge in [-0.3, -0.25) is 10.1 Å². The van der Waals surface area contributed by atoms with E-state index in [1.165, 1.54) is 18.3 Å². The van der Waals surface area contributed by atoms with Gasteiger partial charge in [0.25, 0.3) is 5.91 Å². The molecule has 1 aliphatic heterocycles. The smallest absolute Gasteiger partial charge is 0.411 e. The molecule has 2 heterocycles. The van der Waals surface area contributed by atoms with Gasteiger partial charge in [-0.2, -0.15) is 0 Å². The molecule has 2 atom stereocenters. The Morgan fingerprint density at radius 3 is 2.31 bits per heavy atom. The van der Waals surface area contributed by atoms with Crippen LogP contribution in [0.15, 0.2) is 66.9 Å². The van der Waals surface area contributed by atoms with Crippen molar-refractivity contribution in [2.24, 2.45) is 0 Å². The molecule has 1 aromatic heterocycles. The number of fused-ring (bicyclic) bond motifs is 3. The normalized spacial score (nSPS) is 18.4. The van der Waals surface area contributed by atoms with E-state index in [0.29, 0.717) is 12.1 Å². The summed E-state index contributed by atoms with van der Waals surface area (Å²) in [7, 11) is 0. The highest BCUT2D eigenvalue weighted by molar-refractivity contribution is 5.93. The molecule has 0 bridgehead atoms. The first-order chi connectivity index (χ1) is 17.0. The third-order valence-corrected chi connectivity index (χ3v) is 6.24. The van der Waals surface area contributed by atoms with Crippen LogP contribution in [0.5, 0.6) is 0 Å². The van der Waals surface area contributed by atoms with E-state index >= 15 is 0 Å². The number of pyridine rings is 1. The van der Waals surface area contributed by atoms with Crippen LogP contribution in [0.3, 0.4) is 0 Å². The van der Waals surface area contributed by atoms with Crippen molar-refractivity contribution in [3.63, 3.8) is 0 Å². The topological polar surface area (TPSA) is 127 Å². The van der Waals surface area contributed by atoms with E-state index < -0.39 is 30.1 Å². The van der Waals surface area contributed by atoms with Gasteiger partial charge in [0.05, 0.1) is 17.9 Å². The third kappa shape index (κ3) is 4.58.